The first kappa shape index (κ1) is 27.9. The molecule has 1 atom stereocenters. The van der Waals surface area contributed by atoms with Crippen LogP contribution >= 0.6 is 11.6 Å². The molecule has 0 aromatic carbocycles. The standard InChI is InChI=1S/C29H33ClN10O2/c30-25-13-21(9-11-33-25)38-29(42)24-16-34-27-23(35-18-3-4-18)14-26(39-40(24)27)36-19-5-7-20(8-6-19)37-28(41)22(31)12-17-2-1-10-32-15-17/h1-2,9-11,13-16,18-20,22,35H,3-8,12,31H2,(H,36,39)(H,37,41)(H,33,38,42)/t19?,20?,22-/m0/s1. The summed E-state index contributed by atoms with van der Waals surface area (Å²) < 4.78 is 1.57. The number of nitrogens with zero attached hydrogens (tertiary/aromatic N) is 5. The van der Waals surface area contributed by atoms with Crippen molar-refractivity contribution >= 4 is 46.3 Å². The van der Waals surface area contributed by atoms with Gasteiger partial charge in [0.15, 0.2) is 11.3 Å². The molecule has 4 heterocycles. The monoisotopic (exact) mass is 588 g/mol. The molecule has 0 radical (unpaired) electrons. The molecule has 2 aliphatic rings. The van der Waals surface area contributed by atoms with Crippen molar-refractivity contribution in [3.63, 3.8) is 0 Å². The van der Waals surface area contributed by atoms with Crippen LogP contribution in [-0.2, 0) is 11.2 Å². The molecule has 4 aromatic rings. The van der Waals surface area contributed by atoms with Crippen molar-refractivity contribution in [2.24, 2.45) is 5.73 Å². The van der Waals surface area contributed by atoms with Crippen molar-refractivity contribution in [3.05, 3.63) is 71.5 Å². The summed E-state index contributed by atoms with van der Waals surface area (Å²) in [6.45, 7) is 0. The number of carbonyl (C=O) groups excluding carboxylic acids is 2. The van der Waals surface area contributed by atoms with Crippen LogP contribution in [0.3, 0.4) is 0 Å². The summed E-state index contributed by atoms with van der Waals surface area (Å²) in [7, 11) is 0. The number of anilines is 3. The van der Waals surface area contributed by atoms with Crippen molar-refractivity contribution in [2.45, 2.75) is 69.1 Å². The van der Waals surface area contributed by atoms with E-state index in [4.69, 9.17) is 22.4 Å². The van der Waals surface area contributed by atoms with Gasteiger partial charge in [-0.15, -0.1) is 5.10 Å². The molecule has 12 nitrogen and oxygen atoms in total. The van der Waals surface area contributed by atoms with E-state index in [0.29, 0.717) is 35.3 Å². The SMILES string of the molecule is N[C@@H](Cc1cccnc1)C(=O)NC1CCC(Nc2cc(NC3CC3)c3ncc(C(=O)Nc4ccnc(Cl)c4)n3n2)CC1. The van der Waals surface area contributed by atoms with Crippen molar-refractivity contribution in [3.8, 4) is 0 Å². The molecule has 6 rings (SSSR count). The van der Waals surface area contributed by atoms with E-state index >= 15 is 0 Å². The number of aromatic nitrogens is 5. The van der Waals surface area contributed by atoms with Crippen LogP contribution in [0.15, 0.2) is 55.1 Å². The van der Waals surface area contributed by atoms with Crippen LogP contribution in [-0.4, -0.2) is 60.5 Å². The second-order valence-corrected chi connectivity index (χ2v) is 11.3. The minimum Gasteiger partial charge on any atom is -0.379 e. The molecular formula is C29H33ClN10O2. The van der Waals surface area contributed by atoms with E-state index in [1.165, 1.54) is 12.4 Å². The second-order valence-electron chi connectivity index (χ2n) is 10.9. The number of hydrogen-bond donors (Lipinski definition) is 5. The molecule has 42 heavy (non-hydrogen) atoms. The predicted molar refractivity (Wildman–Crippen MR) is 161 cm³/mol. The fourth-order valence-corrected chi connectivity index (χ4v) is 5.36. The molecule has 0 bridgehead atoms. The molecule has 2 saturated carbocycles. The summed E-state index contributed by atoms with van der Waals surface area (Å²) in [5.74, 6) is 0.151. The van der Waals surface area contributed by atoms with Gasteiger partial charge in [-0.05, 0) is 68.7 Å². The number of carbonyl (C=O) groups is 2. The number of pyridine rings is 2. The maximum atomic E-state index is 13.2. The third-order valence-electron chi connectivity index (χ3n) is 7.56. The molecule has 0 saturated heterocycles. The normalized spacial score (nSPS) is 19.2. The van der Waals surface area contributed by atoms with E-state index in [1.807, 2.05) is 18.2 Å². The topological polar surface area (TPSA) is 164 Å². The van der Waals surface area contributed by atoms with Gasteiger partial charge >= 0.3 is 0 Å². The second kappa shape index (κ2) is 12.3. The summed E-state index contributed by atoms with van der Waals surface area (Å²) in [5, 5.41) is 18.1. The first-order valence-electron chi connectivity index (χ1n) is 14.2. The molecular weight excluding hydrogens is 556 g/mol. The zero-order valence-electron chi connectivity index (χ0n) is 23.0. The van der Waals surface area contributed by atoms with Crippen LogP contribution < -0.4 is 27.0 Å². The van der Waals surface area contributed by atoms with Crippen LogP contribution in [0.4, 0.5) is 17.2 Å². The van der Waals surface area contributed by atoms with Gasteiger partial charge in [0.1, 0.15) is 11.0 Å². The largest absolute Gasteiger partial charge is 0.379 e. The van der Waals surface area contributed by atoms with Crippen LogP contribution in [0.1, 0.15) is 54.6 Å². The minimum atomic E-state index is -0.615. The average molecular weight is 589 g/mol. The highest BCUT2D eigenvalue weighted by atomic mass is 35.5. The van der Waals surface area contributed by atoms with Crippen LogP contribution in [0.5, 0.6) is 0 Å². The van der Waals surface area contributed by atoms with Crippen molar-refractivity contribution < 1.29 is 9.59 Å². The highest BCUT2D eigenvalue weighted by molar-refractivity contribution is 6.29. The molecule has 2 fully saturated rings. The van der Waals surface area contributed by atoms with Gasteiger partial charge in [-0.25, -0.2) is 14.5 Å². The predicted octanol–water partition coefficient (Wildman–Crippen LogP) is 3.41. The first-order valence-corrected chi connectivity index (χ1v) is 14.6. The summed E-state index contributed by atoms with van der Waals surface area (Å²) in [6.07, 6.45) is 12.5. The Kier molecular flexibility index (Phi) is 8.15. The summed E-state index contributed by atoms with van der Waals surface area (Å²) >= 11 is 5.98. The maximum absolute atomic E-state index is 13.2. The fraction of sp³-hybridized carbons (Fsp3) is 0.379. The maximum Gasteiger partial charge on any atom is 0.276 e. The lowest BCUT2D eigenvalue weighted by molar-refractivity contribution is -0.123. The highest BCUT2D eigenvalue weighted by Crippen LogP contribution is 2.30. The molecule has 218 valence electrons. The smallest absolute Gasteiger partial charge is 0.276 e. The molecule has 0 aliphatic heterocycles. The quantitative estimate of drug-likeness (QED) is 0.175. The molecule has 4 aromatic heterocycles. The van der Waals surface area contributed by atoms with Crippen molar-refractivity contribution in [1.29, 1.82) is 0 Å². The van der Waals surface area contributed by atoms with E-state index in [9.17, 15) is 9.59 Å². The molecule has 13 heteroatoms. The average Bonchev–Trinajstić information content (AvgIpc) is 3.69. The Balaban J connectivity index is 1.10. The van der Waals surface area contributed by atoms with E-state index < -0.39 is 6.04 Å². The Morgan fingerprint density at radius 3 is 2.48 bits per heavy atom. The van der Waals surface area contributed by atoms with Gasteiger partial charge in [0, 0.05) is 48.5 Å². The number of rotatable bonds is 10. The minimum absolute atomic E-state index is 0.0728. The van der Waals surface area contributed by atoms with Gasteiger partial charge in [0.05, 0.1) is 17.9 Å². The van der Waals surface area contributed by atoms with Crippen LogP contribution in [0.2, 0.25) is 5.15 Å². The third kappa shape index (κ3) is 6.77. The van der Waals surface area contributed by atoms with Crippen molar-refractivity contribution in [2.75, 3.05) is 16.0 Å². The van der Waals surface area contributed by atoms with E-state index in [0.717, 1.165) is 49.8 Å². The lowest BCUT2D eigenvalue weighted by Crippen LogP contribution is -2.48. The van der Waals surface area contributed by atoms with Gasteiger partial charge in [0.25, 0.3) is 5.91 Å². The summed E-state index contributed by atoms with van der Waals surface area (Å²) in [6, 6.07) is 8.98. The third-order valence-corrected chi connectivity index (χ3v) is 7.77. The molecule has 2 aliphatic carbocycles. The summed E-state index contributed by atoms with van der Waals surface area (Å²) in [5.41, 5.74) is 9.33. The van der Waals surface area contributed by atoms with Gasteiger partial charge < -0.3 is 27.0 Å². The van der Waals surface area contributed by atoms with Crippen molar-refractivity contribution in [1.82, 2.24) is 29.9 Å². The number of nitrogens with one attached hydrogen (secondary N) is 4. The number of imidazole rings is 1. The molecule has 0 spiro atoms. The molecule has 2 amide bonds. The van der Waals surface area contributed by atoms with Gasteiger partial charge in [0.2, 0.25) is 5.91 Å². The Morgan fingerprint density at radius 2 is 1.74 bits per heavy atom. The Bertz CT molecular complexity index is 1570. The Hall–Kier alpha value is -4.29. The number of halogens is 1. The lowest BCUT2D eigenvalue weighted by Gasteiger charge is -2.30. The molecule has 6 N–H and O–H groups in total. The zero-order chi connectivity index (χ0) is 29.1. The zero-order valence-corrected chi connectivity index (χ0v) is 23.7. The number of fused-ring (bicyclic) bond motifs is 1. The first-order chi connectivity index (χ1) is 20.4. The van der Waals surface area contributed by atoms with E-state index in [-0.39, 0.29) is 29.1 Å². The van der Waals surface area contributed by atoms with Crippen LogP contribution in [0, 0.1) is 0 Å². The molecule has 0 unspecified atom stereocenters. The fourth-order valence-electron chi connectivity index (χ4n) is 5.19. The highest BCUT2D eigenvalue weighted by Gasteiger charge is 2.27. The van der Waals surface area contributed by atoms with Gasteiger partial charge in [-0.3, -0.25) is 14.6 Å². The van der Waals surface area contributed by atoms with E-state index in [2.05, 4.69) is 36.2 Å². The van der Waals surface area contributed by atoms with Gasteiger partial charge in [-0.2, -0.15) is 0 Å². The number of amides is 2. The summed E-state index contributed by atoms with van der Waals surface area (Å²) in [4.78, 5) is 38.4. The lowest BCUT2D eigenvalue weighted by atomic mass is 9.91. The Morgan fingerprint density at radius 1 is 0.976 bits per heavy atom. The number of nitrogens with two attached hydrogens (primary N) is 1. The van der Waals surface area contributed by atoms with Gasteiger partial charge in [-0.1, -0.05) is 17.7 Å². The Labute approximate surface area is 247 Å². The van der Waals surface area contributed by atoms with E-state index in [1.54, 1.807) is 29.0 Å². The number of hydrogen-bond acceptors (Lipinski definition) is 9. The van der Waals surface area contributed by atoms with Crippen LogP contribution in [0.25, 0.3) is 5.65 Å².